The normalized spacial score (nSPS) is 19.7. The number of nitrogens with one attached hydrogen (secondary N) is 1. The van der Waals surface area contributed by atoms with E-state index in [0.717, 1.165) is 32.3 Å². The van der Waals surface area contributed by atoms with Gasteiger partial charge >= 0.3 is 11.7 Å². The molecule has 19 heavy (non-hydrogen) atoms. The Balaban J connectivity index is 2.21. The Bertz CT molecular complexity index is 589. The van der Waals surface area contributed by atoms with Crippen LogP contribution in [0.3, 0.4) is 0 Å². The summed E-state index contributed by atoms with van der Waals surface area (Å²) in [5.41, 5.74) is -1.80. The molecule has 1 aliphatic rings. The molecule has 1 fully saturated rings. The highest BCUT2D eigenvalue weighted by molar-refractivity contribution is 5.86. The largest absolute Gasteiger partial charge is 0.477 e. The Morgan fingerprint density at radius 2 is 2.26 bits per heavy atom. The highest BCUT2D eigenvalue weighted by atomic mass is 16.4. The van der Waals surface area contributed by atoms with E-state index in [4.69, 9.17) is 5.11 Å². The summed E-state index contributed by atoms with van der Waals surface area (Å²) in [7, 11) is 0. The Hall–Kier alpha value is -1.89. The first kappa shape index (κ1) is 13.5. The molecule has 2 N–H and O–H groups in total. The summed E-state index contributed by atoms with van der Waals surface area (Å²) in [5.74, 6) is -1.01. The van der Waals surface area contributed by atoms with Crippen molar-refractivity contribution in [2.24, 2.45) is 5.92 Å². The average molecular weight is 267 g/mol. The molecule has 0 spiro atoms. The number of H-pyrrole nitrogens is 1. The predicted octanol–water partition coefficient (Wildman–Crippen LogP) is -0.423. The lowest BCUT2D eigenvalue weighted by molar-refractivity contribution is 0.0693. The first-order valence-corrected chi connectivity index (χ1v) is 6.30. The van der Waals surface area contributed by atoms with Crippen LogP contribution in [-0.4, -0.2) is 45.2 Å². The number of hydrogen-bond acceptors (Lipinski definition) is 4. The molecular weight excluding hydrogens is 250 g/mol. The van der Waals surface area contributed by atoms with Gasteiger partial charge in [0.25, 0.3) is 5.56 Å². The molecule has 104 valence electrons. The molecule has 1 aromatic rings. The van der Waals surface area contributed by atoms with Crippen molar-refractivity contribution in [3.63, 3.8) is 0 Å². The summed E-state index contributed by atoms with van der Waals surface area (Å²) in [4.78, 5) is 38.2. The maximum Gasteiger partial charge on any atom is 0.342 e. The first-order valence-electron chi connectivity index (χ1n) is 6.30. The quantitative estimate of drug-likeness (QED) is 0.772. The molecule has 2 heterocycles. The van der Waals surface area contributed by atoms with Crippen LogP contribution in [0.1, 0.15) is 23.7 Å². The van der Waals surface area contributed by atoms with E-state index in [1.165, 1.54) is 4.57 Å². The molecule has 2 rings (SSSR count). The zero-order valence-electron chi connectivity index (χ0n) is 10.8. The molecule has 1 unspecified atom stereocenters. The van der Waals surface area contributed by atoms with Crippen molar-refractivity contribution in [1.29, 1.82) is 0 Å². The summed E-state index contributed by atoms with van der Waals surface area (Å²) in [6.07, 6.45) is 2.11. The lowest BCUT2D eigenvalue weighted by atomic mass is 10.1. The summed E-state index contributed by atoms with van der Waals surface area (Å²) >= 11 is 0. The highest BCUT2D eigenvalue weighted by Crippen LogP contribution is 2.16. The molecule has 0 amide bonds. The van der Waals surface area contributed by atoms with E-state index in [-0.39, 0.29) is 0 Å². The van der Waals surface area contributed by atoms with Gasteiger partial charge in [-0.3, -0.25) is 14.3 Å². The molecule has 7 nitrogen and oxygen atoms in total. The second kappa shape index (κ2) is 5.40. The van der Waals surface area contributed by atoms with E-state index < -0.39 is 22.8 Å². The second-order valence-corrected chi connectivity index (χ2v) is 4.81. The number of carboxylic acids is 1. The minimum absolute atomic E-state index is 0.310. The second-order valence-electron chi connectivity index (χ2n) is 4.81. The fraction of sp³-hybridized carbons (Fsp3) is 0.583. The van der Waals surface area contributed by atoms with Gasteiger partial charge in [-0.05, 0) is 25.4 Å². The van der Waals surface area contributed by atoms with E-state index in [0.29, 0.717) is 12.5 Å². The van der Waals surface area contributed by atoms with Gasteiger partial charge in [0.2, 0.25) is 0 Å². The van der Waals surface area contributed by atoms with Gasteiger partial charge in [-0.25, -0.2) is 9.59 Å². The lowest BCUT2D eigenvalue weighted by Crippen LogP contribution is -2.35. The Morgan fingerprint density at radius 1 is 1.53 bits per heavy atom. The van der Waals surface area contributed by atoms with Crippen LogP contribution in [0, 0.1) is 5.92 Å². The molecule has 1 aromatic heterocycles. The van der Waals surface area contributed by atoms with Crippen LogP contribution < -0.4 is 11.2 Å². The zero-order valence-corrected chi connectivity index (χ0v) is 10.8. The van der Waals surface area contributed by atoms with Gasteiger partial charge in [0.1, 0.15) is 5.56 Å². The first-order chi connectivity index (χ1) is 9.01. The van der Waals surface area contributed by atoms with Crippen LogP contribution in [0.2, 0.25) is 0 Å². The van der Waals surface area contributed by atoms with E-state index >= 15 is 0 Å². The van der Waals surface area contributed by atoms with E-state index in [1.54, 1.807) is 0 Å². The number of rotatable bonds is 4. The number of aromatic carboxylic acids is 1. The molecule has 1 aliphatic heterocycles. The van der Waals surface area contributed by atoms with Crippen LogP contribution >= 0.6 is 0 Å². The maximum atomic E-state index is 11.7. The zero-order chi connectivity index (χ0) is 14.0. The molecule has 0 aliphatic carbocycles. The van der Waals surface area contributed by atoms with Crippen molar-refractivity contribution in [1.82, 2.24) is 14.5 Å². The minimum Gasteiger partial charge on any atom is -0.477 e. The number of hydrogen-bond donors (Lipinski definition) is 2. The molecule has 0 aromatic carbocycles. The topological polar surface area (TPSA) is 95.4 Å². The lowest BCUT2D eigenvalue weighted by Gasteiger charge is -2.14. The van der Waals surface area contributed by atoms with Crippen LogP contribution in [-0.2, 0) is 6.54 Å². The molecule has 1 atom stereocenters. The van der Waals surface area contributed by atoms with Gasteiger partial charge in [0.05, 0.1) is 0 Å². The summed E-state index contributed by atoms with van der Waals surface area (Å²) in [5, 5.41) is 8.88. The number of carboxylic acid groups (broad SMARTS) is 1. The van der Waals surface area contributed by atoms with Crippen LogP contribution in [0.15, 0.2) is 15.8 Å². The van der Waals surface area contributed by atoms with Crippen LogP contribution in [0.5, 0.6) is 0 Å². The van der Waals surface area contributed by atoms with Gasteiger partial charge in [0, 0.05) is 19.3 Å². The van der Waals surface area contributed by atoms with E-state index in [1.807, 2.05) is 4.98 Å². The molecule has 0 saturated carbocycles. The smallest absolute Gasteiger partial charge is 0.342 e. The Labute approximate surface area is 109 Å². The number of aromatic amines is 1. The standard InChI is InChI=1S/C12H17N3O4/c1-2-14-4-3-8(5-14)6-15-7-9(11(17)18)10(16)13-12(15)19/h7-8H,2-6H2,1H3,(H,17,18)(H,13,16,19). The van der Waals surface area contributed by atoms with Crippen molar-refractivity contribution < 1.29 is 9.90 Å². The van der Waals surface area contributed by atoms with Crippen molar-refractivity contribution in [2.75, 3.05) is 19.6 Å². The Morgan fingerprint density at radius 3 is 2.84 bits per heavy atom. The van der Waals surface area contributed by atoms with Gasteiger partial charge in [0.15, 0.2) is 0 Å². The summed E-state index contributed by atoms with van der Waals surface area (Å²) in [6, 6.07) is 0. The average Bonchev–Trinajstić information content (AvgIpc) is 2.80. The third-order valence-electron chi connectivity index (χ3n) is 3.51. The monoisotopic (exact) mass is 267 g/mol. The summed E-state index contributed by atoms with van der Waals surface area (Å²) < 4.78 is 1.29. The van der Waals surface area contributed by atoms with E-state index in [2.05, 4.69) is 11.8 Å². The third kappa shape index (κ3) is 2.93. The SMILES string of the molecule is CCN1CCC(Cn2cc(C(=O)O)c(=O)[nH]c2=O)C1. The number of nitrogens with zero attached hydrogens (tertiary/aromatic N) is 2. The van der Waals surface area contributed by atoms with Crippen molar-refractivity contribution >= 4 is 5.97 Å². The third-order valence-corrected chi connectivity index (χ3v) is 3.51. The molecule has 7 heteroatoms. The molecule has 0 bridgehead atoms. The predicted molar refractivity (Wildman–Crippen MR) is 68.5 cm³/mol. The van der Waals surface area contributed by atoms with Gasteiger partial charge in [-0.1, -0.05) is 6.92 Å². The van der Waals surface area contributed by atoms with Gasteiger partial charge in [-0.15, -0.1) is 0 Å². The fourth-order valence-electron chi connectivity index (χ4n) is 2.42. The fourth-order valence-corrected chi connectivity index (χ4v) is 2.42. The number of likely N-dealkylation sites (tertiary alicyclic amines) is 1. The summed E-state index contributed by atoms with van der Waals surface area (Å²) in [6.45, 7) is 5.37. The Kier molecular flexibility index (Phi) is 3.84. The van der Waals surface area contributed by atoms with Crippen LogP contribution in [0.4, 0.5) is 0 Å². The highest BCUT2D eigenvalue weighted by Gasteiger charge is 2.22. The molecular formula is C12H17N3O4. The maximum absolute atomic E-state index is 11.7. The van der Waals surface area contributed by atoms with Crippen molar-refractivity contribution in [3.05, 3.63) is 32.6 Å². The van der Waals surface area contributed by atoms with Gasteiger partial charge < -0.3 is 10.0 Å². The molecule has 1 saturated heterocycles. The van der Waals surface area contributed by atoms with Gasteiger partial charge in [-0.2, -0.15) is 0 Å². The number of carbonyl (C=O) groups is 1. The van der Waals surface area contributed by atoms with E-state index in [9.17, 15) is 14.4 Å². The molecule has 0 radical (unpaired) electrons. The minimum atomic E-state index is -1.32. The number of aromatic nitrogens is 2. The van der Waals surface area contributed by atoms with Crippen molar-refractivity contribution in [3.8, 4) is 0 Å². The van der Waals surface area contributed by atoms with Crippen molar-refractivity contribution in [2.45, 2.75) is 19.9 Å². The van der Waals surface area contributed by atoms with Crippen LogP contribution in [0.25, 0.3) is 0 Å².